The summed E-state index contributed by atoms with van der Waals surface area (Å²) < 4.78 is 6.42. The molecule has 27 heavy (non-hydrogen) atoms. The molecule has 1 aliphatic carbocycles. The fourth-order valence-corrected chi connectivity index (χ4v) is 3.38. The van der Waals surface area contributed by atoms with Crippen LogP contribution in [0.4, 0.5) is 5.82 Å². The summed E-state index contributed by atoms with van der Waals surface area (Å²) in [5, 5.41) is 7.29. The Bertz CT molecular complexity index is 790. The van der Waals surface area contributed by atoms with Gasteiger partial charge in [0.2, 0.25) is 0 Å². The van der Waals surface area contributed by atoms with Gasteiger partial charge < -0.3 is 15.8 Å². The Hall–Kier alpha value is -2.83. The third-order valence-electron chi connectivity index (χ3n) is 4.87. The predicted molar refractivity (Wildman–Crippen MR) is 103 cm³/mol. The van der Waals surface area contributed by atoms with Crippen LogP contribution < -0.4 is 11.1 Å². The molecule has 0 bridgehead atoms. The molecule has 1 aromatic carbocycles. The zero-order valence-electron chi connectivity index (χ0n) is 15.6. The summed E-state index contributed by atoms with van der Waals surface area (Å²) in [6.45, 7) is 2.01. The number of nitrogens with two attached hydrogens (primary N) is 1. The first-order valence-corrected chi connectivity index (χ1v) is 9.52. The van der Waals surface area contributed by atoms with Crippen molar-refractivity contribution in [2.45, 2.75) is 51.5 Å². The van der Waals surface area contributed by atoms with E-state index in [0.717, 1.165) is 12.8 Å². The van der Waals surface area contributed by atoms with Crippen molar-refractivity contribution in [1.29, 1.82) is 0 Å². The maximum absolute atomic E-state index is 12.5. The van der Waals surface area contributed by atoms with E-state index < -0.39 is 5.97 Å². The van der Waals surface area contributed by atoms with Gasteiger partial charge in [0.05, 0.1) is 18.5 Å². The fourth-order valence-electron chi connectivity index (χ4n) is 3.38. The van der Waals surface area contributed by atoms with E-state index in [1.807, 2.05) is 0 Å². The lowest BCUT2D eigenvalue weighted by atomic mass is 10.1. The van der Waals surface area contributed by atoms with Crippen molar-refractivity contribution in [2.75, 3.05) is 12.3 Å². The lowest BCUT2D eigenvalue weighted by Gasteiger charge is -2.16. The molecular formula is C20H26N4O3. The van der Waals surface area contributed by atoms with E-state index in [1.165, 1.54) is 36.6 Å². The van der Waals surface area contributed by atoms with Crippen molar-refractivity contribution in [3.8, 4) is 5.69 Å². The summed E-state index contributed by atoms with van der Waals surface area (Å²) in [5.74, 6) is -0.348. The molecule has 1 amide bonds. The van der Waals surface area contributed by atoms with E-state index in [9.17, 15) is 9.59 Å². The Kier molecular flexibility index (Phi) is 6.11. The molecule has 1 aromatic heterocycles. The SMILES string of the molecule is CCOC(=O)c1cnn(-c2ccc(C(=O)NC3CCCCCC3)cc2)c1N. The summed E-state index contributed by atoms with van der Waals surface area (Å²) >= 11 is 0. The van der Waals surface area contributed by atoms with Gasteiger partial charge in [-0.2, -0.15) is 5.10 Å². The molecule has 2 aromatic rings. The summed E-state index contributed by atoms with van der Waals surface area (Å²) in [6.07, 6.45) is 8.32. The number of ether oxygens (including phenoxy) is 1. The number of esters is 1. The molecule has 144 valence electrons. The van der Waals surface area contributed by atoms with Crippen LogP contribution >= 0.6 is 0 Å². The minimum Gasteiger partial charge on any atom is -0.462 e. The third-order valence-corrected chi connectivity index (χ3v) is 4.87. The van der Waals surface area contributed by atoms with Crippen molar-refractivity contribution in [2.24, 2.45) is 0 Å². The Morgan fingerprint density at radius 3 is 2.48 bits per heavy atom. The van der Waals surface area contributed by atoms with Crippen LogP contribution in [0.2, 0.25) is 0 Å². The van der Waals surface area contributed by atoms with E-state index >= 15 is 0 Å². The van der Waals surface area contributed by atoms with Crippen LogP contribution in [-0.2, 0) is 4.74 Å². The molecular weight excluding hydrogens is 344 g/mol. The molecule has 3 N–H and O–H groups in total. The molecule has 1 fully saturated rings. The fraction of sp³-hybridized carbons (Fsp3) is 0.450. The molecule has 0 aliphatic heterocycles. The number of amides is 1. The molecule has 0 spiro atoms. The van der Waals surface area contributed by atoms with Gasteiger partial charge >= 0.3 is 5.97 Å². The molecule has 0 unspecified atom stereocenters. The molecule has 0 atom stereocenters. The number of rotatable bonds is 5. The van der Waals surface area contributed by atoms with E-state index in [4.69, 9.17) is 10.5 Å². The van der Waals surface area contributed by atoms with Gasteiger partial charge in [-0.3, -0.25) is 4.79 Å². The van der Waals surface area contributed by atoms with Crippen LogP contribution in [0, 0.1) is 0 Å². The second kappa shape index (κ2) is 8.70. The summed E-state index contributed by atoms with van der Waals surface area (Å²) in [6, 6.07) is 7.27. The first kappa shape index (κ1) is 18.9. The van der Waals surface area contributed by atoms with Crippen LogP contribution in [-0.4, -0.2) is 34.3 Å². The second-order valence-corrected chi connectivity index (χ2v) is 6.78. The monoisotopic (exact) mass is 370 g/mol. The van der Waals surface area contributed by atoms with Crippen LogP contribution in [0.15, 0.2) is 30.5 Å². The first-order valence-electron chi connectivity index (χ1n) is 9.52. The van der Waals surface area contributed by atoms with Gasteiger partial charge in [-0.1, -0.05) is 25.7 Å². The van der Waals surface area contributed by atoms with E-state index in [2.05, 4.69) is 10.4 Å². The molecule has 1 aliphatic rings. The number of aromatic nitrogens is 2. The molecule has 7 heteroatoms. The van der Waals surface area contributed by atoms with Crippen LogP contribution in [0.3, 0.4) is 0 Å². The lowest BCUT2D eigenvalue weighted by Crippen LogP contribution is -2.34. The average Bonchev–Trinajstić information content (AvgIpc) is 2.87. The minimum absolute atomic E-state index is 0.0610. The zero-order chi connectivity index (χ0) is 19.2. The lowest BCUT2D eigenvalue weighted by molar-refractivity contribution is 0.0527. The highest BCUT2D eigenvalue weighted by molar-refractivity contribution is 5.95. The van der Waals surface area contributed by atoms with Gasteiger partial charge in [-0.05, 0) is 44.0 Å². The molecule has 1 heterocycles. The van der Waals surface area contributed by atoms with E-state index in [0.29, 0.717) is 11.3 Å². The van der Waals surface area contributed by atoms with Crippen molar-refractivity contribution < 1.29 is 14.3 Å². The van der Waals surface area contributed by atoms with Crippen molar-refractivity contribution in [3.63, 3.8) is 0 Å². The third kappa shape index (κ3) is 4.48. The zero-order valence-corrected chi connectivity index (χ0v) is 15.6. The largest absolute Gasteiger partial charge is 0.462 e. The molecule has 7 nitrogen and oxygen atoms in total. The van der Waals surface area contributed by atoms with Gasteiger partial charge in [0.25, 0.3) is 5.91 Å². The Morgan fingerprint density at radius 1 is 1.19 bits per heavy atom. The maximum Gasteiger partial charge on any atom is 0.343 e. The average molecular weight is 370 g/mol. The quantitative estimate of drug-likeness (QED) is 0.622. The number of carbonyl (C=O) groups excluding carboxylic acids is 2. The summed E-state index contributed by atoms with van der Waals surface area (Å²) in [4.78, 5) is 24.3. The number of anilines is 1. The molecule has 3 rings (SSSR count). The van der Waals surface area contributed by atoms with E-state index in [1.54, 1.807) is 31.2 Å². The number of nitrogens with zero attached hydrogens (tertiary/aromatic N) is 2. The van der Waals surface area contributed by atoms with Crippen molar-refractivity contribution in [1.82, 2.24) is 15.1 Å². The standard InChI is InChI=1S/C20H26N4O3/c1-2-27-20(26)17-13-22-24(18(17)21)16-11-9-14(10-12-16)19(25)23-15-7-5-3-4-6-8-15/h9-13,15H,2-8,21H2,1H3,(H,23,25). The number of benzene rings is 1. The Labute approximate surface area is 158 Å². The van der Waals surface area contributed by atoms with Crippen LogP contribution in [0.1, 0.15) is 66.2 Å². The first-order chi connectivity index (χ1) is 13.1. The smallest absolute Gasteiger partial charge is 0.343 e. The van der Waals surface area contributed by atoms with Crippen LogP contribution in [0.25, 0.3) is 5.69 Å². The van der Waals surface area contributed by atoms with Crippen LogP contribution in [0.5, 0.6) is 0 Å². The molecule has 0 radical (unpaired) electrons. The maximum atomic E-state index is 12.5. The Morgan fingerprint density at radius 2 is 1.85 bits per heavy atom. The molecule has 1 saturated carbocycles. The Balaban J connectivity index is 1.70. The summed E-state index contributed by atoms with van der Waals surface area (Å²) in [5.41, 5.74) is 7.52. The number of hydrogen-bond acceptors (Lipinski definition) is 5. The van der Waals surface area contributed by atoms with Gasteiger partial charge in [0.1, 0.15) is 11.4 Å². The van der Waals surface area contributed by atoms with Gasteiger partial charge in [0, 0.05) is 11.6 Å². The number of carbonyl (C=O) groups is 2. The minimum atomic E-state index is -0.499. The normalized spacial score (nSPS) is 15.1. The number of hydrogen-bond donors (Lipinski definition) is 2. The number of nitrogen functional groups attached to an aromatic ring is 1. The van der Waals surface area contributed by atoms with Crippen molar-refractivity contribution >= 4 is 17.7 Å². The predicted octanol–water partition coefficient (Wildman–Crippen LogP) is 3.08. The van der Waals surface area contributed by atoms with Gasteiger partial charge in [-0.15, -0.1) is 0 Å². The highest BCUT2D eigenvalue weighted by atomic mass is 16.5. The summed E-state index contributed by atoms with van der Waals surface area (Å²) in [7, 11) is 0. The number of nitrogens with one attached hydrogen (secondary N) is 1. The molecule has 0 saturated heterocycles. The van der Waals surface area contributed by atoms with Crippen molar-refractivity contribution in [3.05, 3.63) is 41.6 Å². The highest BCUT2D eigenvalue weighted by Gasteiger charge is 2.18. The topological polar surface area (TPSA) is 99.2 Å². The second-order valence-electron chi connectivity index (χ2n) is 6.78. The van der Waals surface area contributed by atoms with Gasteiger partial charge in [-0.25, -0.2) is 9.48 Å². The van der Waals surface area contributed by atoms with E-state index in [-0.39, 0.29) is 29.9 Å². The highest BCUT2D eigenvalue weighted by Crippen LogP contribution is 2.20. The van der Waals surface area contributed by atoms with Gasteiger partial charge in [0.15, 0.2) is 0 Å².